The van der Waals surface area contributed by atoms with E-state index in [9.17, 15) is 0 Å². The fourth-order valence-corrected chi connectivity index (χ4v) is 4.29. The molecular formula is C20H24BrN5. The molecule has 1 aliphatic rings. The summed E-state index contributed by atoms with van der Waals surface area (Å²) in [5.41, 5.74) is 4.63. The molecule has 0 bridgehead atoms. The van der Waals surface area contributed by atoms with Crippen LogP contribution in [0.5, 0.6) is 0 Å². The van der Waals surface area contributed by atoms with Gasteiger partial charge in [0.2, 0.25) is 5.78 Å². The summed E-state index contributed by atoms with van der Waals surface area (Å²) >= 11 is 3.73. The molecule has 0 spiro atoms. The lowest BCUT2D eigenvalue weighted by Gasteiger charge is -2.34. The van der Waals surface area contributed by atoms with Crippen LogP contribution in [-0.4, -0.2) is 50.3 Å². The van der Waals surface area contributed by atoms with Gasteiger partial charge in [-0.25, -0.2) is 9.97 Å². The van der Waals surface area contributed by atoms with Crippen LogP contribution in [-0.2, 0) is 13.1 Å². The molecule has 136 valence electrons. The Hall–Kier alpha value is -1.76. The Morgan fingerprint density at radius 2 is 1.58 bits per heavy atom. The van der Waals surface area contributed by atoms with Gasteiger partial charge in [-0.15, -0.1) is 0 Å². The minimum absolute atomic E-state index is 0.784. The first kappa shape index (κ1) is 17.6. The van der Waals surface area contributed by atoms with Gasteiger partial charge in [-0.05, 0) is 41.4 Å². The Morgan fingerprint density at radius 3 is 2.27 bits per heavy atom. The van der Waals surface area contributed by atoms with Crippen LogP contribution in [0.4, 0.5) is 0 Å². The van der Waals surface area contributed by atoms with E-state index in [-0.39, 0.29) is 0 Å². The van der Waals surface area contributed by atoms with Gasteiger partial charge < -0.3 is 0 Å². The molecule has 3 heterocycles. The van der Waals surface area contributed by atoms with Crippen LogP contribution in [0, 0.1) is 13.8 Å². The number of halogens is 1. The molecular weight excluding hydrogens is 390 g/mol. The van der Waals surface area contributed by atoms with E-state index in [2.05, 4.69) is 78.4 Å². The summed E-state index contributed by atoms with van der Waals surface area (Å²) in [4.78, 5) is 14.3. The summed E-state index contributed by atoms with van der Waals surface area (Å²) in [6, 6.07) is 12.8. The van der Waals surface area contributed by atoms with Gasteiger partial charge in [0.15, 0.2) is 0 Å². The Balaban J connectivity index is 1.41. The van der Waals surface area contributed by atoms with Crippen LogP contribution in [0.25, 0.3) is 5.78 Å². The topological polar surface area (TPSA) is 36.7 Å². The van der Waals surface area contributed by atoms with Gasteiger partial charge in [0.1, 0.15) is 4.60 Å². The molecule has 0 saturated carbocycles. The van der Waals surface area contributed by atoms with Gasteiger partial charge in [0.25, 0.3) is 0 Å². The van der Waals surface area contributed by atoms with Gasteiger partial charge in [-0.3, -0.25) is 14.2 Å². The molecule has 1 saturated heterocycles. The predicted molar refractivity (Wildman–Crippen MR) is 107 cm³/mol. The monoisotopic (exact) mass is 413 g/mol. The fourth-order valence-electron chi connectivity index (χ4n) is 3.64. The van der Waals surface area contributed by atoms with E-state index in [1.54, 1.807) is 0 Å². The third-order valence-corrected chi connectivity index (χ3v) is 5.82. The van der Waals surface area contributed by atoms with Crippen molar-refractivity contribution in [2.45, 2.75) is 26.9 Å². The fraction of sp³-hybridized carbons (Fsp3) is 0.400. The number of piperazine rings is 1. The number of rotatable bonds is 4. The smallest absolute Gasteiger partial charge is 0.235 e. The molecule has 0 radical (unpaired) electrons. The SMILES string of the molecule is Cc1cc(C)n2c(Br)c(CN3CCN(Cc4ccccc4)CC3)nc2n1. The Labute approximate surface area is 162 Å². The lowest BCUT2D eigenvalue weighted by atomic mass is 10.2. The normalized spacial score (nSPS) is 16.4. The minimum Gasteiger partial charge on any atom is -0.297 e. The Morgan fingerprint density at radius 1 is 0.923 bits per heavy atom. The highest BCUT2D eigenvalue weighted by atomic mass is 79.9. The van der Waals surface area contributed by atoms with Crippen LogP contribution in [0.2, 0.25) is 0 Å². The van der Waals surface area contributed by atoms with Crippen LogP contribution in [0.1, 0.15) is 22.6 Å². The molecule has 1 aliphatic heterocycles. The van der Waals surface area contributed by atoms with E-state index in [0.717, 1.165) is 66.7 Å². The first-order chi connectivity index (χ1) is 12.6. The number of hydrogen-bond donors (Lipinski definition) is 0. The standard InChI is InChI=1S/C20H24BrN5/c1-15-12-16(2)26-19(21)18(23-20(26)22-15)14-25-10-8-24(9-11-25)13-17-6-4-3-5-7-17/h3-7,12H,8-11,13-14H2,1-2H3. The van der Waals surface area contributed by atoms with Gasteiger partial charge in [0.05, 0.1) is 5.69 Å². The molecule has 0 unspecified atom stereocenters. The number of aryl methyl sites for hydroxylation is 2. The van der Waals surface area contributed by atoms with Crippen LogP contribution in [0.15, 0.2) is 41.0 Å². The summed E-state index contributed by atoms with van der Waals surface area (Å²) in [5, 5.41) is 0. The molecule has 26 heavy (non-hydrogen) atoms. The predicted octanol–water partition coefficient (Wildman–Crippen LogP) is 3.43. The molecule has 0 amide bonds. The van der Waals surface area contributed by atoms with Crippen LogP contribution < -0.4 is 0 Å². The first-order valence-corrected chi connectivity index (χ1v) is 9.89. The second kappa shape index (κ2) is 7.47. The van der Waals surface area contributed by atoms with Crippen molar-refractivity contribution in [1.82, 2.24) is 24.2 Å². The van der Waals surface area contributed by atoms with Gasteiger partial charge in [-0.2, -0.15) is 0 Å². The van der Waals surface area contributed by atoms with Crippen molar-refractivity contribution in [1.29, 1.82) is 0 Å². The molecule has 3 aromatic rings. The third kappa shape index (κ3) is 3.68. The zero-order valence-electron chi connectivity index (χ0n) is 15.3. The van der Waals surface area contributed by atoms with Crippen molar-refractivity contribution in [3.8, 4) is 0 Å². The van der Waals surface area contributed by atoms with Crippen molar-refractivity contribution in [3.05, 3.63) is 63.6 Å². The molecule has 0 aliphatic carbocycles. The largest absolute Gasteiger partial charge is 0.297 e. The molecule has 5 nitrogen and oxygen atoms in total. The number of aromatic nitrogens is 3. The second-order valence-corrected chi connectivity index (χ2v) is 7.81. The summed E-state index contributed by atoms with van der Waals surface area (Å²) in [7, 11) is 0. The van der Waals surface area contributed by atoms with Crippen molar-refractivity contribution in [2.75, 3.05) is 26.2 Å². The lowest BCUT2D eigenvalue weighted by molar-refractivity contribution is 0.121. The van der Waals surface area contributed by atoms with Gasteiger partial charge in [-0.1, -0.05) is 30.3 Å². The van der Waals surface area contributed by atoms with Gasteiger partial charge >= 0.3 is 0 Å². The van der Waals surface area contributed by atoms with Crippen LogP contribution >= 0.6 is 15.9 Å². The Bertz CT molecular complexity index is 897. The van der Waals surface area contributed by atoms with E-state index >= 15 is 0 Å². The molecule has 1 aromatic carbocycles. The number of fused-ring (bicyclic) bond motifs is 1. The number of benzene rings is 1. The molecule has 1 fully saturated rings. The average molecular weight is 414 g/mol. The second-order valence-electron chi connectivity index (χ2n) is 7.06. The summed E-state index contributed by atoms with van der Waals surface area (Å²) < 4.78 is 3.12. The number of nitrogens with zero attached hydrogens (tertiary/aromatic N) is 5. The highest BCUT2D eigenvalue weighted by Gasteiger charge is 2.20. The number of hydrogen-bond acceptors (Lipinski definition) is 4. The highest BCUT2D eigenvalue weighted by molar-refractivity contribution is 9.10. The van der Waals surface area contributed by atoms with Gasteiger partial charge in [0, 0.05) is 50.7 Å². The van der Waals surface area contributed by atoms with Crippen molar-refractivity contribution in [3.63, 3.8) is 0 Å². The van der Waals surface area contributed by atoms with E-state index in [4.69, 9.17) is 4.98 Å². The van der Waals surface area contributed by atoms with Crippen LogP contribution in [0.3, 0.4) is 0 Å². The average Bonchev–Trinajstić information content (AvgIpc) is 2.93. The Kier molecular flexibility index (Phi) is 5.07. The minimum atomic E-state index is 0.784. The molecule has 2 aromatic heterocycles. The highest BCUT2D eigenvalue weighted by Crippen LogP contribution is 2.22. The lowest BCUT2D eigenvalue weighted by Crippen LogP contribution is -2.45. The third-order valence-electron chi connectivity index (χ3n) is 5.00. The quantitative estimate of drug-likeness (QED) is 0.656. The van der Waals surface area contributed by atoms with Crippen molar-refractivity contribution in [2.24, 2.45) is 0 Å². The maximum absolute atomic E-state index is 4.76. The van der Waals surface area contributed by atoms with E-state index < -0.39 is 0 Å². The van der Waals surface area contributed by atoms with Crippen molar-refractivity contribution < 1.29 is 0 Å². The van der Waals surface area contributed by atoms with Crippen molar-refractivity contribution >= 4 is 21.7 Å². The molecule has 4 rings (SSSR count). The summed E-state index contributed by atoms with van der Waals surface area (Å²) in [6.07, 6.45) is 0. The molecule has 0 N–H and O–H groups in total. The summed E-state index contributed by atoms with van der Waals surface area (Å²) in [6.45, 7) is 10.3. The van der Waals surface area contributed by atoms with E-state index in [1.165, 1.54) is 5.56 Å². The maximum atomic E-state index is 4.76. The van der Waals surface area contributed by atoms with E-state index in [1.807, 2.05) is 6.92 Å². The first-order valence-electron chi connectivity index (χ1n) is 9.10. The zero-order chi connectivity index (χ0) is 18.1. The number of imidazole rings is 1. The zero-order valence-corrected chi connectivity index (χ0v) is 16.9. The van der Waals surface area contributed by atoms with E-state index in [0.29, 0.717) is 0 Å². The molecule has 6 heteroatoms. The molecule has 0 atom stereocenters. The maximum Gasteiger partial charge on any atom is 0.235 e. The summed E-state index contributed by atoms with van der Waals surface area (Å²) in [5.74, 6) is 0.784.